The van der Waals surface area contributed by atoms with Gasteiger partial charge in [0.1, 0.15) is 23.9 Å². The van der Waals surface area contributed by atoms with Crippen LogP contribution < -0.4 is 0 Å². The van der Waals surface area contributed by atoms with Gasteiger partial charge >= 0.3 is 11.9 Å². The predicted molar refractivity (Wildman–Crippen MR) is 91.8 cm³/mol. The lowest BCUT2D eigenvalue weighted by molar-refractivity contribution is -0.149. The van der Waals surface area contributed by atoms with Crippen LogP contribution >= 0.6 is 0 Å². The van der Waals surface area contributed by atoms with Crippen LogP contribution in [-0.2, 0) is 23.8 Å². The average Bonchev–Trinajstić information content (AvgIpc) is 3.15. The van der Waals surface area contributed by atoms with Gasteiger partial charge in [-0.15, -0.1) is 0 Å². The fraction of sp³-hybridized carbons (Fsp3) is 0.600. The van der Waals surface area contributed by atoms with Crippen LogP contribution in [0.15, 0.2) is 36.0 Å². The van der Waals surface area contributed by atoms with Crippen molar-refractivity contribution in [2.24, 2.45) is 17.8 Å². The number of hydrogen-bond acceptors (Lipinski definition) is 6. The van der Waals surface area contributed by atoms with Crippen LogP contribution in [-0.4, -0.2) is 47.1 Å². The molecule has 6 heteroatoms. The zero-order valence-electron chi connectivity index (χ0n) is 15.2. The number of esters is 2. The van der Waals surface area contributed by atoms with Crippen molar-refractivity contribution in [2.75, 3.05) is 0 Å². The summed E-state index contributed by atoms with van der Waals surface area (Å²) in [5, 5.41) is 10.7. The average molecular weight is 360 g/mol. The van der Waals surface area contributed by atoms with Crippen LogP contribution in [0.4, 0.5) is 0 Å². The molecule has 0 amide bonds. The number of fused-ring (bicyclic) bond motifs is 5. The molecule has 0 spiro atoms. The van der Waals surface area contributed by atoms with Gasteiger partial charge in [-0.05, 0) is 20.8 Å². The lowest BCUT2D eigenvalue weighted by Gasteiger charge is -2.31. The fourth-order valence-electron chi connectivity index (χ4n) is 5.02. The Balaban J connectivity index is 1.72. The van der Waals surface area contributed by atoms with Crippen molar-refractivity contribution in [3.8, 4) is 0 Å². The van der Waals surface area contributed by atoms with Gasteiger partial charge in [0.25, 0.3) is 0 Å². The molecule has 140 valence electrons. The molecule has 2 unspecified atom stereocenters. The predicted octanol–water partition coefficient (Wildman–Crippen LogP) is 1.69. The van der Waals surface area contributed by atoms with E-state index < -0.39 is 41.8 Å². The highest BCUT2D eigenvalue weighted by molar-refractivity contribution is 5.91. The van der Waals surface area contributed by atoms with E-state index in [4.69, 9.17) is 14.2 Å². The van der Waals surface area contributed by atoms with Gasteiger partial charge in [-0.1, -0.05) is 24.8 Å². The highest BCUT2D eigenvalue weighted by atomic mass is 16.6. The molecular formula is C20H24O6. The van der Waals surface area contributed by atoms with Crippen molar-refractivity contribution in [3.05, 3.63) is 36.0 Å². The fourth-order valence-corrected chi connectivity index (χ4v) is 5.02. The Morgan fingerprint density at radius 1 is 1.38 bits per heavy atom. The minimum absolute atomic E-state index is 0.227. The molecule has 8 atom stereocenters. The summed E-state index contributed by atoms with van der Waals surface area (Å²) in [6.45, 7) is 13.4. The summed E-state index contributed by atoms with van der Waals surface area (Å²) < 4.78 is 17.1. The lowest BCUT2D eigenvalue weighted by atomic mass is 9.78. The van der Waals surface area contributed by atoms with Gasteiger partial charge < -0.3 is 19.3 Å². The molecule has 2 heterocycles. The Morgan fingerprint density at radius 2 is 2.08 bits per heavy atom. The van der Waals surface area contributed by atoms with E-state index in [1.165, 1.54) is 0 Å². The summed E-state index contributed by atoms with van der Waals surface area (Å²) in [6.07, 6.45) is -0.0778. The number of carbonyl (C=O) groups is 2. The largest absolute Gasteiger partial charge is 0.458 e. The second-order valence-corrected chi connectivity index (χ2v) is 7.96. The molecule has 4 rings (SSSR count). The number of aliphatic hydroxyl groups is 1. The number of allylic oxidation sites excluding steroid dienone is 1. The van der Waals surface area contributed by atoms with Crippen molar-refractivity contribution in [3.63, 3.8) is 0 Å². The molecule has 0 bridgehead atoms. The molecule has 2 aliphatic heterocycles. The molecule has 2 saturated carbocycles. The molecule has 4 fully saturated rings. The third-order valence-corrected chi connectivity index (χ3v) is 6.58. The van der Waals surface area contributed by atoms with E-state index in [-0.39, 0.29) is 17.9 Å². The number of carbonyl (C=O) groups excluding carboxylic acids is 2. The highest BCUT2D eigenvalue weighted by Crippen LogP contribution is 2.63. The normalized spacial score (nSPS) is 46.8. The van der Waals surface area contributed by atoms with E-state index in [0.29, 0.717) is 17.6 Å². The minimum atomic E-state index is -0.697. The maximum atomic E-state index is 12.3. The zero-order chi connectivity index (χ0) is 19.0. The van der Waals surface area contributed by atoms with E-state index in [2.05, 4.69) is 13.2 Å². The molecule has 4 aliphatic rings. The van der Waals surface area contributed by atoms with Crippen LogP contribution in [0.25, 0.3) is 0 Å². The van der Waals surface area contributed by atoms with Gasteiger partial charge in [-0.3, -0.25) is 0 Å². The molecule has 0 aromatic heterocycles. The highest BCUT2D eigenvalue weighted by Gasteiger charge is 2.75. The van der Waals surface area contributed by atoms with Gasteiger partial charge in [-0.2, -0.15) is 0 Å². The van der Waals surface area contributed by atoms with Crippen LogP contribution in [0, 0.1) is 17.8 Å². The van der Waals surface area contributed by atoms with E-state index in [1.54, 1.807) is 19.9 Å². The summed E-state index contributed by atoms with van der Waals surface area (Å²) >= 11 is 0. The molecule has 2 aliphatic carbocycles. The molecule has 6 nitrogen and oxygen atoms in total. The number of ether oxygens (including phenoxy) is 3. The third kappa shape index (κ3) is 2.18. The number of hydrogen-bond donors (Lipinski definition) is 1. The second kappa shape index (κ2) is 5.54. The van der Waals surface area contributed by atoms with Gasteiger partial charge in [-0.25, -0.2) is 9.59 Å². The first-order valence-corrected chi connectivity index (χ1v) is 8.98. The van der Waals surface area contributed by atoms with Crippen LogP contribution in [0.3, 0.4) is 0 Å². The van der Waals surface area contributed by atoms with Gasteiger partial charge in [0.2, 0.25) is 0 Å². The summed E-state index contributed by atoms with van der Waals surface area (Å²) in [6, 6.07) is 0. The number of aliphatic hydroxyl groups excluding tert-OH is 1. The van der Waals surface area contributed by atoms with E-state index in [1.807, 2.05) is 6.92 Å². The van der Waals surface area contributed by atoms with E-state index >= 15 is 0 Å². The Kier molecular flexibility index (Phi) is 3.72. The molecule has 2 saturated heterocycles. The first kappa shape index (κ1) is 17.5. The van der Waals surface area contributed by atoms with Crippen molar-refractivity contribution >= 4 is 11.9 Å². The minimum Gasteiger partial charge on any atom is -0.458 e. The third-order valence-electron chi connectivity index (χ3n) is 6.58. The summed E-state index contributed by atoms with van der Waals surface area (Å²) in [7, 11) is 0. The molecule has 0 radical (unpaired) electrons. The van der Waals surface area contributed by atoms with Crippen LogP contribution in [0.5, 0.6) is 0 Å². The molecule has 26 heavy (non-hydrogen) atoms. The van der Waals surface area contributed by atoms with Crippen molar-refractivity contribution in [1.82, 2.24) is 0 Å². The Labute approximate surface area is 152 Å². The smallest absolute Gasteiger partial charge is 0.334 e. The maximum absolute atomic E-state index is 12.3. The Bertz CT molecular complexity index is 751. The standard InChI is InChI=1S/C20H24O6/c1-6-8(2)18(22)24-11-7-9(3)12-14(20(5)17(26-20)15(12)21)16-13(11)10(4)19(23)25-16/h6,11-17,21H,3-4,7H2,1-2,5H3/b8-6-/t11-,12?,13-,14?,15+,16+,17-,20+/m1/s1. The first-order valence-electron chi connectivity index (χ1n) is 8.98. The maximum Gasteiger partial charge on any atom is 0.334 e. The van der Waals surface area contributed by atoms with Crippen molar-refractivity contribution in [1.29, 1.82) is 0 Å². The number of epoxide rings is 1. The number of rotatable bonds is 2. The Hall–Kier alpha value is -1.92. The monoisotopic (exact) mass is 360 g/mol. The molecule has 1 N–H and O–H groups in total. The first-order chi connectivity index (χ1) is 12.2. The summed E-state index contributed by atoms with van der Waals surface area (Å²) in [4.78, 5) is 24.6. The quantitative estimate of drug-likeness (QED) is 0.349. The summed E-state index contributed by atoms with van der Waals surface area (Å²) in [5.41, 5.74) is 1.04. The van der Waals surface area contributed by atoms with Crippen molar-refractivity contribution < 1.29 is 28.9 Å². The van der Waals surface area contributed by atoms with E-state index in [0.717, 1.165) is 5.57 Å². The molecule has 0 aromatic rings. The topological polar surface area (TPSA) is 85.4 Å². The SMILES string of the molecule is C=C1C[C@@H](OC(=O)/C(C)=C\C)[C@H]2C(=C)C(=O)O[C@@H]2C2C1[C@H](O)[C@H]1O[C@@]21C. The van der Waals surface area contributed by atoms with Gasteiger partial charge in [0.15, 0.2) is 0 Å². The van der Waals surface area contributed by atoms with Gasteiger partial charge in [0, 0.05) is 29.4 Å². The second-order valence-electron chi connectivity index (χ2n) is 7.96. The Morgan fingerprint density at radius 3 is 2.73 bits per heavy atom. The summed E-state index contributed by atoms with van der Waals surface area (Å²) in [5.74, 6) is -1.85. The van der Waals surface area contributed by atoms with Crippen molar-refractivity contribution in [2.45, 2.75) is 57.2 Å². The molecular weight excluding hydrogens is 336 g/mol. The zero-order valence-corrected chi connectivity index (χ0v) is 15.2. The molecule has 0 aromatic carbocycles. The lowest BCUT2D eigenvalue weighted by Crippen LogP contribution is -2.41. The van der Waals surface area contributed by atoms with Gasteiger partial charge in [0.05, 0.1) is 12.0 Å². The van der Waals surface area contributed by atoms with Crippen LogP contribution in [0.1, 0.15) is 27.2 Å². The van der Waals surface area contributed by atoms with Crippen LogP contribution in [0.2, 0.25) is 0 Å². The van der Waals surface area contributed by atoms with E-state index in [9.17, 15) is 14.7 Å².